The van der Waals surface area contributed by atoms with Gasteiger partial charge in [0.2, 0.25) is 21.8 Å². The number of nitrogens with one attached hydrogen (secondary N) is 3. The van der Waals surface area contributed by atoms with Crippen LogP contribution in [0.25, 0.3) is 10.9 Å². The molecule has 2 aliphatic rings. The van der Waals surface area contributed by atoms with Gasteiger partial charge >= 0.3 is 6.09 Å². The molecule has 0 spiro atoms. The van der Waals surface area contributed by atoms with Gasteiger partial charge in [-0.15, -0.1) is 6.58 Å². The molecule has 4 amide bonds. The van der Waals surface area contributed by atoms with E-state index in [0.717, 1.165) is 0 Å². The van der Waals surface area contributed by atoms with Gasteiger partial charge in [-0.25, -0.2) is 13.2 Å². The standard InChI is InChI=1S/C34H46ClN5O8S/c1-9-15-34(8,30(43)39-49(45,46)22-11-12-22)38-28(41)26-18-21(47-20-10-13-25-23(17-20)24(35)14-16-36-25)19-40(26)29(42)27(32(2,3)4)37-31(44)48-33(5,6)7/h9-10,13-14,16-17,21-22,26-27H,1,11-12,15,18-19H2,2-8H3,(H,37,44)(H,38,41)(H,39,43)/t21-,26+,27-,34-/m1/s1. The van der Waals surface area contributed by atoms with Crippen LogP contribution >= 0.6 is 11.6 Å². The van der Waals surface area contributed by atoms with E-state index < -0.39 is 73.8 Å². The molecule has 1 saturated carbocycles. The summed E-state index contributed by atoms with van der Waals surface area (Å²) in [7, 11) is -3.92. The maximum Gasteiger partial charge on any atom is 0.408 e. The van der Waals surface area contributed by atoms with Crippen LogP contribution in [-0.2, 0) is 29.1 Å². The van der Waals surface area contributed by atoms with Crippen molar-refractivity contribution >= 4 is 56.3 Å². The number of benzene rings is 1. The van der Waals surface area contributed by atoms with Crippen LogP contribution in [0.4, 0.5) is 4.79 Å². The van der Waals surface area contributed by atoms with Gasteiger partial charge in [0.1, 0.15) is 35.1 Å². The molecular weight excluding hydrogens is 674 g/mol. The van der Waals surface area contributed by atoms with Crippen molar-refractivity contribution in [2.45, 2.75) is 109 Å². The summed E-state index contributed by atoms with van der Waals surface area (Å²) in [6.45, 7) is 15.4. The fourth-order valence-electron chi connectivity index (χ4n) is 5.52. The molecule has 0 radical (unpaired) electrons. The van der Waals surface area contributed by atoms with E-state index in [4.69, 9.17) is 21.1 Å². The molecule has 0 bridgehead atoms. The van der Waals surface area contributed by atoms with E-state index in [1.54, 1.807) is 72.0 Å². The molecule has 1 aliphatic carbocycles. The minimum absolute atomic E-state index is 0.0197. The number of fused-ring (bicyclic) bond motifs is 1. The average Bonchev–Trinajstić information content (AvgIpc) is 3.76. The number of sulfonamides is 1. The smallest absolute Gasteiger partial charge is 0.408 e. The molecule has 268 valence electrons. The van der Waals surface area contributed by atoms with Crippen molar-refractivity contribution in [2.75, 3.05) is 6.54 Å². The van der Waals surface area contributed by atoms with Gasteiger partial charge in [0.15, 0.2) is 0 Å². The van der Waals surface area contributed by atoms with Crippen molar-refractivity contribution in [1.82, 2.24) is 25.2 Å². The lowest BCUT2D eigenvalue weighted by atomic mass is 9.85. The molecule has 15 heteroatoms. The lowest BCUT2D eigenvalue weighted by Crippen LogP contribution is -2.62. The van der Waals surface area contributed by atoms with Gasteiger partial charge in [0.25, 0.3) is 5.91 Å². The molecule has 1 aliphatic heterocycles. The third-order valence-corrected chi connectivity index (χ3v) is 10.4. The predicted octanol–water partition coefficient (Wildman–Crippen LogP) is 4.24. The van der Waals surface area contributed by atoms with Crippen LogP contribution in [-0.4, -0.2) is 83.2 Å². The van der Waals surface area contributed by atoms with Crippen molar-refractivity contribution < 1.29 is 37.1 Å². The van der Waals surface area contributed by atoms with Crippen LogP contribution in [0.2, 0.25) is 5.02 Å². The number of likely N-dealkylation sites (tertiary alicyclic amines) is 1. The number of pyridine rings is 1. The molecule has 49 heavy (non-hydrogen) atoms. The zero-order valence-electron chi connectivity index (χ0n) is 29.0. The number of nitrogens with zero attached hydrogens (tertiary/aromatic N) is 2. The zero-order chi connectivity index (χ0) is 36.5. The summed E-state index contributed by atoms with van der Waals surface area (Å²) in [5.41, 5.74) is -2.70. The summed E-state index contributed by atoms with van der Waals surface area (Å²) in [4.78, 5) is 60.3. The molecule has 13 nitrogen and oxygen atoms in total. The number of hydrogen-bond donors (Lipinski definition) is 3. The average molecular weight is 720 g/mol. The molecule has 4 atom stereocenters. The van der Waals surface area contributed by atoms with Crippen LogP contribution in [0.15, 0.2) is 43.1 Å². The molecule has 1 saturated heterocycles. The lowest BCUT2D eigenvalue weighted by molar-refractivity contribution is -0.143. The molecule has 1 aromatic carbocycles. The maximum atomic E-state index is 14.3. The molecule has 4 rings (SSSR count). The summed E-state index contributed by atoms with van der Waals surface area (Å²) in [5, 5.41) is 5.84. The number of amides is 4. The van der Waals surface area contributed by atoms with E-state index >= 15 is 0 Å². The minimum atomic E-state index is -3.92. The molecule has 2 fully saturated rings. The predicted molar refractivity (Wildman–Crippen MR) is 185 cm³/mol. The topological polar surface area (TPSA) is 173 Å². The first-order valence-corrected chi connectivity index (χ1v) is 18.1. The largest absolute Gasteiger partial charge is 0.488 e. The number of carbonyl (C=O) groups is 4. The second-order valence-corrected chi connectivity index (χ2v) is 17.3. The van der Waals surface area contributed by atoms with E-state index in [9.17, 15) is 27.6 Å². The molecule has 3 N–H and O–H groups in total. The third kappa shape index (κ3) is 9.41. The van der Waals surface area contributed by atoms with Gasteiger partial charge < -0.3 is 25.0 Å². The van der Waals surface area contributed by atoms with Gasteiger partial charge in [-0.2, -0.15) is 0 Å². The first kappa shape index (κ1) is 37.9. The molecule has 1 aromatic heterocycles. The second-order valence-electron chi connectivity index (χ2n) is 14.9. The molecule has 2 aromatic rings. The first-order chi connectivity index (χ1) is 22.6. The highest BCUT2D eigenvalue weighted by molar-refractivity contribution is 7.91. The molecule has 0 unspecified atom stereocenters. The summed E-state index contributed by atoms with van der Waals surface area (Å²) in [6.07, 6.45) is 2.31. The Morgan fingerprint density at radius 3 is 2.37 bits per heavy atom. The van der Waals surface area contributed by atoms with Crippen LogP contribution in [0.5, 0.6) is 5.75 Å². The van der Waals surface area contributed by atoms with Crippen LogP contribution < -0.4 is 20.1 Å². The molecular formula is C34H46ClN5O8S. The number of hydrogen-bond acceptors (Lipinski definition) is 9. The van der Waals surface area contributed by atoms with E-state index in [2.05, 4.69) is 26.9 Å². The lowest BCUT2D eigenvalue weighted by Gasteiger charge is -2.36. The van der Waals surface area contributed by atoms with Crippen molar-refractivity contribution in [1.29, 1.82) is 0 Å². The van der Waals surface area contributed by atoms with Crippen LogP contribution in [0.3, 0.4) is 0 Å². The van der Waals surface area contributed by atoms with E-state index in [1.165, 1.54) is 17.9 Å². The van der Waals surface area contributed by atoms with Crippen molar-refractivity contribution in [3.8, 4) is 5.75 Å². The van der Waals surface area contributed by atoms with Crippen LogP contribution in [0.1, 0.15) is 74.1 Å². The number of carbonyl (C=O) groups excluding carboxylic acids is 4. The van der Waals surface area contributed by atoms with Gasteiger partial charge in [0, 0.05) is 18.0 Å². The number of ether oxygens (including phenoxy) is 2. The third-order valence-electron chi connectivity index (χ3n) is 8.24. The fraction of sp³-hybridized carbons (Fsp3) is 0.559. The Bertz CT molecular complexity index is 1730. The van der Waals surface area contributed by atoms with Crippen molar-refractivity contribution in [3.05, 3.63) is 48.1 Å². The fourth-order valence-corrected chi connectivity index (χ4v) is 7.14. The van der Waals surface area contributed by atoms with Gasteiger partial charge in [-0.1, -0.05) is 38.4 Å². The highest BCUT2D eigenvalue weighted by Crippen LogP contribution is 2.32. The minimum Gasteiger partial charge on any atom is -0.488 e. The second kappa shape index (κ2) is 14.1. The number of rotatable bonds is 11. The van der Waals surface area contributed by atoms with E-state index in [-0.39, 0.29) is 19.4 Å². The number of alkyl carbamates (subject to hydrolysis) is 1. The Kier molecular flexibility index (Phi) is 10.9. The Morgan fingerprint density at radius 2 is 1.78 bits per heavy atom. The summed E-state index contributed by atoms with van der Waals surface area (Å²) in [5.74, 6) is -1.77. The highest BCUT2D eigenvalue weighted by Gasteiger charge is 2.48. The Balaban J connectivity index is 1.65. The zero-order valence-corrected chi connectivity index (χ0v) is 30.5. The monoisotopic (exact) mass is 719 g/mol. The summed E-state index contributed by atoms with van der Waals surface area (Å²) >= 11 is 6.38. The van der Waals surface area contributed by atoms with Gasteiger partial charge in [-0.05, 0) is 76.6 Å². The number of halogens is 1. The normalized spacial score (nSPS) is 20.1. The maximum absolute atomic E-state index is 14.3. The van der Waals surface area contributed by atoms with E-state index in [0.29, 0.717) is 34.5 Å². The Morgan fingerprint density at radius 1 is 1.10 bits per heavy atom. The van der Waals surface area contributed by atoms with Crippen molar-refractivity contribution in [2.24, 2.45) is 5.41 Å². The van der Waals surface area contributed by atoms with Crippen LogP contribution in [0, 0.1) is 5.41 Å². The van der Waals surface area contributed by atoms with Gasteiger partial charge in [-0.3, -0.25) is 24.1 Å². The number of aromatic nitrogens is 1. The van der Waals surface area contributed by atoms with E-state index in [1.807, 2.05) is 0 Å². The van der Waals surface area contributed by atoms with Crippen molar-refractivity contribution in [3.63, 3.8) is 0 Å². The Hall–Kier alpha value is -3.91. The summed E-state index contributed by atoms with van der Waals surface area (Å²) < 4.78 is 39.0. The SMILES string of the molecule is C=CC[C@@](C)(NC(=O)[C@@H]1C[C@@H](Oc2ccc3nccc(Cl)c3c2)CN1C(=O)[C@@H](NC(=O)OC(C)(C)C)C(C)(C)C)C(=O)NS(=O)(=O)C1CC1. The first-order valence-electron chi connectivity index (χ1n) is 16.1. The quantitative estimate of drug-likeness (QED) is 0.287. The summed E-state index contributed by atoms with van der Waals surface area (Å²) in [6, 6.07) is 4.55. The van der Waals surface area contributed by atoms with Gasteiger partial charge in [0.05, 0.1) is 22.3 Å². The highest BCUT2D eigenvalue weighted by atomic mass is 35.5. The molecule has 2 heterocycles. The Labute approximate surface area is 292 Å².